The average Bonchev–Trinajstić information content (AvgIpc) is 3.08. The first kappa shape index (κ1) is 17.1. The third-order valence-corrected chi connectivity index (χ3v) is 16.2. The Balaban J connectivity index is 1.69. The minimum absolute atomic E-state index is 0.670. The fourth-order valence-electron chi connectivity index (χ4n) is 5.30. The Kier molecular flexibility index (Phi) is 4.64. The quantitative estimate of drug-likeness (QED) is 0.531. The summed E-state index contributed by atoms with van der Waals surface area (Å²) in [5, 5.41) is 0. The van der Waals surface area contributed by atoms with Gasteiger partial charge >= 0.3 is 8.56 Å². The molecule has 3 nitrogen and oxygen atoms in total. The van der Waals surface area contributed by atoms with E-state index in [0.29, 0.717) is 5.54 Å². The maximum absolute atomic E-state index is 6.60. The molecule has 7 atom stereocenters. The van der Waals surface area contributed by atoms with Crippen LogP contribution < -0.4 is 0 Å². The molecule has 0 aromatic heterocycles. The second-order valence-electron chi connectivity index (χ2n) is 8.54. The van der Waals surface area contributed by atoms with Crippen molar-refractivity contribution in [2.24, 2.45) is 23.7 Å². The van der Waals surface area contributed by atoms with Crippen molar-refractivity contribution in [3.05, 3.63) is 12.2 Å². The zero-order valence-electron chi connectivity index (χ0n) is 15.0. The predicted octanol–water partition coefficient (Wildman–Crippen LogP) is 4.03. The van der Waals surface area contributed by atoms with E-state index >= 15 is 0 Å². The van der Waals surface area contributed by atoms with Crippen molar-refractivity contribution in [3.63, 3.8) is 0 Å². The molecule has 0 saturated heterocycles. The normalized spacial score (nSPS) is 40.7. The minimum Gasteiger partial charge on any atom is -0.439 e. The molecular weight excluding hydrogens is 324 g/mol. The van der Waals surface area contributed by atoms with Crippen molar-refractivity contribution in [2.45, 2.75) is 57.5 Å². The van der Waals surface area contributed by atoms with E-state index in [1.807, 2.05) is 7.11 Å². The highest BCUT2D eigenvalue weighted by molar-refractivity contribution is 6.80. The minimum atomic E-state index is -2.14. The monoisotopic (exact) mass is 356 g/mol. The Morgan fingerprint density at radius 2 is 1.77 bits per heavy atom. The van der Waals surface area contributed by atoms with E-state index in [1.54, 1.807) is 0 Å². The summed E-state index contributed by atoms with van der Waals surface area (Å²) >= 11 is 0. The van der Waals surface area contributed by atoms with E-state index in [1.165, 1.54) is 19.3 Å². The maximum Gasteiger partial charge on any atom is 0.329 e. The van der Waals surface area contributed by atoms with Gasteiger partial charge in [-0.1, -0.05) is 12.2 Å². The van der Waals surface area contributed by atoms with Gasteiger partial charge in [-0.2, -0.15) is 0 Å². The first-order chi connectivity index (χ1) is 10.2. The second kappa shape index (κ2) is 5.97. The first-order valence-electron chi connectivity index (χ1n) is 8.81. The molecule has 3 rings (SSSR count). The molecule has 0 aliphatic heterocycles. The molecule has 0 aromatic carbocycles. The first-order valence-corrected chi connectivity index (χ1v) is 16.7. The topological polar surface area (TPSA) is 27.7 Å². The second-order valence-corrected chi connectivity index (χ2v) is 19.0. The lowest BCUT2D eigenvalue weighted by molar-refractivity contribution is 0.213. The number of allylic oxidation sites excluding steroid dienone is 2. The summed E-state index contributed by atoms with van der Waals surface area (Å²) in [5.74, 6) is 3.46. The molecule has 7 unspecified atom stereocenters. The zero-order chi connectivity index (χ0) is 16.1. The molecule has 0 heterocycles. The van der Waals surface area contributed by atoms with Gasteiger partial charge in [0.25, 0.3) is 9.28 Å². The highest BCUT2D eigenvalue weighted by Crippen LogP contribution is 2.63. The molecular formula is C16H32O3Si3. The van der Waals surface area contributed by atoms with Crippen molar-refractivity contribution in [1.29, 1.82) is 0 Å². The molecule has 0 N–H and O–H groups in total. The third kappa shape index (κ3) is 3.10. The van der Waals surface area contributed by atoms with E-state index in [-0.39, 0.29) is 0 Å². The molecule has 0 amide bonds. The summed E-state index contributed by atoms with van der Waals surface area (Å²) < 4.78 is 18.9. The molecule has 2 saturated carbocycles. The number of hydrogen-bond acceptors (Lipinski definition) is 3. The standard InChI is InChI=1S/C16H32O3Si3/c1-17-22(6,19-20(2)18-21(3,4)5)16-11-12-10-15(16)14-9-7-8-13(12)14/h7-8,12-16,20H,9-11H2,1-6H3. The van der Waals surface area contributed by atoms with Crippen molar-refractivity contribution >= 4 is 26.2 Å². The Morgan fingerprint density at radius 1 is 1.05 bits per heavy atom. The molecule has 0 spiro atoms. The smallest absolute Gasteiger partial charge is 0.329 e. The summed E-state index contributed by atoms with van der Waals surface area (Å²) in [7, 11) is -3.38. The van der Waals surface area contributed by atoms with Crippen LogP contribution >= 0.6 is 0 Å². The Labute approximate surface area is 139 Å². The summed E-state index contributed by atoms with van der Waals surface area (Å²) in [6.07, 6.45) is 8.92. The van der Waals surface area contributed by atoms with Crippen LogP contribution in [0.25, 0.3) is 0 Å². The van der Waals surface area contributed by atoms with Gasteiger partial charge in [0.15, 0.2) is 8.32 Å². The van der Waals surface area contributed by atoms with Gasteiger partial charge in [-0.3, -0.25) is 0 Å². The van der Waals surface area contributed by atoms with Crippen LogP contribution in [-0.4, -0.2) is 33.3 Å². The highest BCUT2D eigenvalue weighted by Gasteiger charge is 2.59. The molecule has 3 aliphatic rings. The van der Waals surface area contributed by atoms with Crippen LogP contribution in [0.5, 0.6) is 0 Å². The van der Waals surface area contributed by atoms with Crippen LogP contribution in [0.3, 0.4) is 0 Å². The summed E-state index contributed by atoms with van der Waals surface area (Å²) in [4.78, 5) is 0. The number of rotatable bonds is 6. The van der Waals surface area contributed by atoms with Gasteiger partial charge in [-0.25, -0.2) is 0 Å². The predicted molar refractivity (Wildman–Crippen MR) is 97.9 cm³/mol. The van der Waals surface area contributed by atoms with E-state index in [0.717, 1.165) is 23.7 Å². The van der Waals surface area contributed by atoms with Gasteiger partial charge in [-0.15, -0.1) is 0 Å². The summed E-state index contributed by atoms with van der Waals surface area (Å²) in [6, 6.07) is 0. The molecule has 6 heteroatoms. The van der Waals surface area contributed by atoms with Crippen molar-refractivity contribution in [1.82, 2.24) is 0 Å². The molecule has 3 aliphatic carbocycles. The zero-order valence-corrected chi connectivity index (χ0v) is 18.1. The number of hydrogen-bond donors (Lipinski definition) is 0. The van der Waals surface area contributed by atoms with E-state index < -0.39 is 26.2 Å². The molecule has 0 aromatic rings. The van der Waals surface area contributed by atoms with Gasteiger partial charge in [0.2, 0.25) is 0 Å². The Hall–Kier alpha value is 0.271. The fourth-order valence-corrected chi connectivity index (χ4v) is 15.8. The maximum atomic E-state index is 6.60. The molecule has 2 bridgehead atoms. The molecule has 22 heavy (non-hydrogen) atoms. The summed E-state index contributed by atoms with van der Waals surface area (Å²) in [6.45, 7) is 11.2. The Bertz CT molecular complexity index is 450. The molecule has 126 valence electrons. The molecule has 0 radical (unpaired) electrons. The SMILES string of the molecule is CO[Si](C)(O[SiH](C)O[Si](C)(C)C)C1CC2CC1C1CC=CC21. The number of fused-ring (bicyclic) bond motifs is 5. The highest BCUT2D eigenvalue weighted by atomic mass is 28.5. The van der Waals surface area contributed by atoms with Crippen molar-refractivity contribution in [3.8, 4) is 0 Å². The lowest BCUT2D eigenvalue weighted by atomic mass is 9.81. The van der Waals surface area contributed by atoms with Gasteiger partial charge in [0.05, 0.1) is 0 Å². The lowest BCUT2D eigenvalue weighted by Gasteiger charge is -2.41. The van der Waals surface area contributed by atoms with Crippen LogP contribution in [0.15, 0.2) is 12.2 Å². The van der Waals surface area contributed by atoms with Gasteiger partial charge in [0.1, 0.15) is 0 Å². The van der Waals surface area contributed by atoms with Crippen LogP contribution in [0.4, 0.5) is 0 Å². The molecule has 2 fully saturated rings. The van der Waals surface area contributed by atoms with Crippen LogP contribution in [0.1, 0.15) is 19.3 Å². The van der Waals surface area contributed by atoms with E-state index in [4.69, 9.17) is 12.7 Å². The van der Waals surface area contributed by atoms with Crippen molar-refractivity contribution in [2.75, 3.05) is 7.11 Å². The lowest BCUT2D eigenvalue weighted by Crippen LogP contribution is -2.51. The summed E-state index contributed by atoms with van der Waals surface area (Å²) in [5.41, 5.74) is 0.670. The van der Waals surface area contributed by atoms with Gasteiger partial charge in [-0.05, 0) is 75.7 Å². The third-order valence-electron chi connectivity index (χ3n) is 6.00. The van der Waals surface area contributed by atoms with Gasteiger partial charge < -0.3 is 12.7 Å². The Morgan fingerprint density at radius 3 is 2.41 bits per heavy atom. The van der Waals surface area contributed by atoms with Crippen molar-refractivity contribution < 1.29 is 12.7 Å². The van der Waals surface area contributed by atoms with Crippen LogP contribution in [-0.2, 0) is 12.7 Å². The van der Waals surface area contributed by atoms with E-state index in [2.05, 4.69) is 44.9 Å². The van der Waals surface area contributed by atoms with Crippen LogP contribution in [0, 0.1) is 23.7 Å². The van der Waals surface area contributed by atoms with Gasteiger partial charge in [0, 0.05) is 12.7 Å². The largest absolute Gasteiger partial charge is 0.439 e. The van der Waals surface area contributed by atoms with E-state index in [9.17, 15) is 0 Å². The fraction of sp³-hybridized carbons (Fsp3) is 0.875. The average molecular weight is 357 g/mol. The van der Waals surface area contributed by atoms with Crippen LogP contribution in [0.2, 0.25) is 38.3 Å².